The molecule has 0 unspecified atom stereocenters. The fourth-order valence-corrected chi connectivity index (χ4v) is 3.31. The Morgan fingerprint density at radius 2 is 1.82 bits per heavy atom. The molecule has 1 aromatic heterocycles. The summed E-state index contributed by atoms with van der Waals surface area (Å²) in [4.78, 5) is 29.8. The van der Waals surface area contributed by atoms with Crippen LogP contribution in [0.1, 0.15) is 19.4 Å². The highest BCUT2D eigenvalue weighted by atomic mass is 16.6. The van der Waals surface area contributed by atoms with Gasteiger partial charge in [0.05, 0.1) is 23.7 Å². The van der Waals surface area contributed by atoms with Crippen LogP contribution >= 0.6 is 0 Å². The second-order valence-corrected chi connectivity index (χ2v) is 7.26. The first-order chi connectivity index (χ1) is 16.1. The number of esters is 1. The van der Waals surface area contributed by atoms with Gasteiger partial charge in [-0.1, -0.05) is 54.6 Å². The first-order valence-electron chi connectivity index (χ1n) is 10.6. The number of carbonyl (C=O) groups is 1. The molecule has 166 valence electrons. The van der Waals surface area contributed by atoms with Crippen molar-refractivity contribution in [1.82, 2.24) is 9.66 Å². The van der Waals surface area contributed by atoms with Crippen LogP contribution in [0.5, 0.6) is 5.75 Å². The number of hydrogen-bond acceptors (Lipinski definition) is 6. The van der Waals surface area contributed by atoms with Gasteiger partial charge >= 0.3 is 5.97 Å². The quantitative estimate of drug-likeness (QED) is 0.316. The molecule has 0 bridgehead atoms. The normalized spacial score (nSPS) is 12.1. The predicted molar refractivity (Wildman–Crippen MR) is 128 cm³/mol. The lowest BCUT2D eigenvalue weighted by Crippen LogP contribution is -2.26. The largest absolute Gasteiger partial charge is 0.479 e. The van der Waals surface area contributed by atoms with E-state index in [-0.39, 0.29) is 12.2 Å². The lowest BCUT2D eigenvalue weighted by atomic mass is 10.2. The van der Waals surface area contributed by atoms with Crippen LogP contribution in [-0.2, 0) is 9.53 Å². The summed E-state index contributed by atoms with van der Waals surface area (Å²) in [5.74, 6) is 0.503. The molecule has 0 fully saturated rings. The van der Waals surface area contributed by atoms with Gasteiger partial charge in [-0.2, -0.15) is 9.78 Å². The smallest absolute Gasteiger partial charge is 0.347 e. The molecule has 7 nitrogen and oxygen atoms in total. The summed E-state index contributed by atoms with van der Waals surface area (Å²) in [6, 6.07) is 23.7. The standard InChI is InChI=1S/C26H23N3O4/c1-3-32-26(31)18(2)33-21-13-9-10-19(16-21)17-27-29-24(20-11-5-4-6-12-20)28-23-15-8-7-14-22(23)25(29)30/h4-18H,3H2,1-2H3/t18-/m1/s1. The van der Waals surface area contributed by atoms with E-state index in [4.69, 9.17) is 9.47 Å². The summed E-state index contributed by atoms with van der Waals surface area (Å²) >= 11 is 0. The zero-order valence-corrected chi connectivity index (χ0v) is 18.3. The van der Waals surface area contributed by atoms with Gasteiger partial charge < -0.3 is 9.47 Å². The molecule has 4 rings (SSSR count). The highest BCUT2D eigenvalue weighted by Crippen LogP contribution is 2.19. The van der Waals surface area contributed by atoms with Gasteiger partial charge in [0.15, 0.2) is 11.9 Å². The van der Waals surface area contributed by atoms with E-state index in [1.165, 1.54) is 4.68 Å². The van der Waals surface area contributed by atoms with Crippen molar-refractivity contribution in [1.29, 1.82) is 0 Å². The molecule has 0 aliphatic heterocycles. The van der Waals surface area contributed by atoms with E-state index in [1.807, 2.05) is 48.5 Å². The lowest BCUT2D eigenvalue weighted by Gasteiger charge is -2.13. The SMILES string of the molecule is CCOC(=O)[C@@H](C)Oc1cccc(C=Nn2c(-c3ccccc3)nc3ccccc3c2=O)c1. The molecular weight excluding hydrogens is 418 g/mol. The number of hydrogen-bond donors (Lipinski definition) is 0. The summed E-state index contributed by atoms with van der Waals surface area (Å²) in [6.45, 7) is 3.66. The fourth-order valence-electron chi connectivity index (χ4n) is 3.31. The molecule has 7 heteroatoms. The van der Waals surface area contributed by atoms with E-state index in [1.54, 1.807) is 50.4 Å². The summed E-state index contributed by atoms with van der Waals surface area (Å²) in [7, 11) is 0. The molecule has 33 heavy (non-hydrogen) atoms. The molecule has 0 spiro atoms. The average Bonchev–Trinajstić information content (AvgIpc) is 2.84. The van der Waals surface area contributed by atoms with Gasteiger partial charge in [-0.05, 0) is 43.7 Å². The van der Waals surface area contributed by atoms with E-state index >= 15 is 0 Å². The number of para-hydroxylation sites is 1. The zero-order valence-electron chi connectivity index (χ0n) is 18.3. The number of ether oxygens (including phenoxy) is 2. The summed E-state index contributed by atoms with van der Waals surface area (Å²) in [5.41, 5.74) is 1.82. The number of nitrogens with zero attached hydrogens (tertiary/aromatic N) is 3. The predicted octanol–water partition coefficient (Wildman–Crippen LogP) is 4.28. The first kappa shape index (κ1) is 22.0. The second-order valence-electron chi connectivity index (χ2n) is 7.26. The number of carbonyl (C=O) groups excluding carboxylic acids is 1. The Morgan fingerprint density at radius 1 is 1.06 bits per heavy atom. The van der Waals surface area contributed by atoms with E-state index in [0.29, 0.717) is 28.0 Å². The number of benzene rings is 3. The summed E-state index contributed by atoms with van der Waals surface area (Å²) in [6.07, 6.45) is 0.820. The molecule has 0 aliphatic carbocycles. The van der Waals surface area contributed by atoms with Crippen LogP contribution in [-0.4, -0.2) is 34.6 Å². The first-order valence-corrected chi connectivity index (χ1v) is 10.6. The van der Waals surface area contributed by atoms with Crippen molar-refractivity contribution in [2.75, 3.05) is 6.61 Å². The van der Waals surface area contributed by atoms with Gasteiger partial charge in [-0.15, -0.1) is 0 Å². The van der Waals surface area contributed by atoms with Crippen molar-refractivity contribution in [2.24, 2.45) is 5.10 Å². The van der Waals surface area contributed by atoms with E-state index in [2.05, 4.69) is 10.1 Å². The minimum Gasteiger partial charge on any atom is -0.479 e. The van der Waals surface area contributed by atoms with Crippen molar-refractivity contribution in [3.63, 3.8) is 0 Å². The number of aromatic nitrogens is 2. The Balaban J connectivity index is 1.71. The molecule has 0 saturated carbocycles. The number of fused-ring (bicyclic) bond motifs is 1. The molecule has 4 aromatic rings. The molecular formula is C26H23N3O4. The van der Waals surface area contributed by atoms with E-state index in [0.717, 1.165) is 5.56 Å². The monoisotopic (exact) mass is 441 g/mol. The van der Waals surface area contributed by atoms with Crippen LogP contribution in [0.2, 0.25) is 0 Å². The third kappa shape index (κ3) is 4.98. The Kier molecular flexibility index (Phi) is 6.59. The molecule has 0 radical (unpaired) electrons. The number of rotatable bonds is 7. The molecule has 1 heterocycles. The molecule has 0 N–H and O–H groups in total. The Hall–Kier alpha value is -4.26. The summed E-state index contributed by atoms with van der Waals surface area (Å²) < 4.78 is 12.0. The Morgan fingerprint density at radius 3 is 2.61 bits per heavy atom. The molecule has 0 saturated heterocycles. The van der Waals surface area contributed by atoms with E-state index < -0.39 is 12.1 Å². The van der Waals surface area contributed by atoms with Gasteiger partial charge in [-0.3, -0.25) is 4.79 Å². The third-order valence-corrected chi connectivity index (χ3v) is 4.90. The maximum Gasteiger partial charge on any atom is 0.347 e. The van der Waals surface area contributed by atoms with Gasteiger partial charge in [-0.25, -0.2) is 9.78 Å². The van der Waals surface area contributed by atoms with E-state index in [9.17, 15) is 9.59 Å². The van der Waals surface area contributed by atoms with Crippen LogP contribution < -0.4 is 10.3 Å². The van der Waals surface area contributed by atoms with Gasteiger partial charge in [0, 0.05) is 5.56 Å². The topological polar surface area (TPSA) is 82.8 Å². The van der Waals surface area contributed by atoms with Crippen LogP contribution in [0, 0.1) is 0 Å². The summed E-state index contributed by atoms with van der Waals surface area (Å²) in [5, 5.41) is 4.94. The minimum absolute atomic E-state index is 0.265. The van der Waals surface area contributed by atoms with Crippen LogP contribution in [0.3, 0.4) is 0 Å². The fraction of sp³-hybridized carbons (Fsp3) is 0.154. The van der Waals surface area contributed by atoms with Crippen molar-refractivity contribution < 1.29 is 14.3 Å². The van der Waals surface area contributed by atoms with Gasteiger partial charge in [0.1, 0.15) is 5.75 Å². The molecule has 0 amide bonds. The minimum atomic E-state index is -0.742. The van der Waals surface area contributed by atoms with Crippen molar-refractivity contribution >= 4 is 23.1 Å². The zero-order chi connectivity index (χ0) is 23.2. The van der Waals surface area contributed by atoms with Gasteiger partial charge in [0.2, 0.25) is 0 Å². The van der Waals surface area contributed by atoms with Crippen molar-refractivity contribution in [3.05, 3.63) is 94.8 Å². The average molecular weight is 441 g/mol. The Bertz CT molecular complexity index is 1360. The highest BCUT2D eigenvalue weighted by Gasteiger charge is 2.16. The molecule has 1 atom stereocenters. The van der Waals surface area contributed by atoms with Crippen molar-refractivity contribution in [3.8, 4) is 17.1 Å². The van der Waals surface area contributed by atoms with Crippen LogP contribution in [0.25, 0.3) is 22.3 Å². The highest BCUT2D eigenvalue weighted by molar-refractivity contribution is 5.82. The maximum atomic E-state index is 13.2. The maximum absolute atomic E-state index is 13.2. The third-order valence-electron chi connectivity index (χ3n) is 4.90. The van der Waals surface area contributed by atoms with Crippen LogP contribution in [0.15, 0.2) is 88.8 Å². The molecule has 0 aliphatic rings. The Labute approximate surface area is 190 Å². The lowest BCUT2D eigenvalue weighted by molar-refractivity contribution is -0.150. The van der Waals surface area contributed by atoms with Gasteiger partial charge in [0.25, 0.3) is 5.56 Å². The second kappa shape index (κ2) is 9.91. The van der Waals surface area contributed by atoms with Crippen molar-refractivity contribution in [2.45, 2.75) is 20.0 Å². The van der Waals surface area contributed by atoms with Crippen LogP contribution in [0.4, 0.5) is 0 Å². The molecule has 3 aromatic carbocycles.